The van der Waals surface area contributed by atoms with Crippen LogP contribution in [0.1, 0.15) is 23.1 Å². The first kappa shape index (κ1) is 19.2. The van der Waals surface area contributed by atoms with Crippen molar-refractivity contribution in [1.29, 1.82) is 0 Å². The van der Waals surface area contributed by atoms with Gasteiger partial charge in [-0.3, -0.25) is 18.7 Å². The van der Waals surface area contributed by atoms with Crippen molar-refractivity contribution in [1.82, 2.24) is 23.7 Å². The average Bonchev–Trinajstić information content (AvgIpc) is 3.54. The lowest BCUT2D eigenvalue weighted by Gasteiger charge is -2.20. The van der Waals surface area contributed by atoms with Gasteiger partial charge in [-0.15, -0.1) is 11.3 Å². The van der Waals surface area contributed by atoms with Crippen molar-refractivity contribution in [3.8, 4) is 0 Å². The Morgan fingerprint density at radius 1 is 1.23 bits per heavy atom. The largest absolute Gasteiger partial charge is 0.467 e. The number of hydrogen-bond donors (Lipinski definition) is 0. The molecule has 0 spiro atoms. The van der Waals surface area contributed by atoms with E-state index >= 15 is 0 Å². The number of furan rings is 1. The molecule has 0 unspecified atom stereocenters. The molecule has 1 aliphatic rings. The predicted octanol–water partition coefficient (Wildman–Crippen LogP) is 1.47. The van der Waals surface area contributed by atoms with Crippen LogP contribution >= 0.6 is 11.3 Å². The maximum Gasteiger partial charge on any atom is 0.332 e. The van der Waals surface area contributed by atoms with E-state index in [1.165, 1.54) is 34.6 Å². The monoisotopic (exact) mass is 438 g/mol. The van der Waals surface area contributed by atoms with Crippen molar-refractivity contribution in [2.24, 2.45) is 19.2 Å². The Bertz CT molecular complexity index is 1420. The Kier molecular flexibility index (Phi) is 4.47. The molecular weight excluding hydrogens is 420 g/mol. The van der Waals surface area contributed by atoms with Crippen LogP contribution in [-0.4, -0.2) is 35.3 Å². The summed E-state index contributed by atoms with van der Waals surface area (Å²) in [5.41, 5.74) is 0.243. The van der Waals surface area contributed by atoms with Crippen molar-refractivity contribution in [2.45, 2.75) is 19.0 Å². The highest BCUT2D eigenvalue weighted by molar-refractivity contribution is 7.12. The van der Waals surface area contributed by atoms with Crippen molar-refractivity contribution >= 4 is 34.1 Å². The second-order valence-electron chi connectivity index (χ2n) is 7.25. The van der Waals surface area contributed by atoms with Gasteiger partial charge >= 0.3 is 5.69 Å². The molecule has 1 atom stereocenters. The molecule has 1 amide bonds. The molecule has 0 saturated heterocycles. The third-order valence-electron chi connectivity index (χ3n) is 5.37. The summed E-state index contributed by atoms with van der Waals surface area (Å²) in [5.74, 6) is 0.320. The highest BCUT2D eigenvalue weighted by Crippen LogP contribution is 2.34. The lowest BCUT2D eigenvalue weighted by molar-refractivity contribution is -0.133. The molecule has 0 aliphatic carbocycles. The fraction of sp³-hybridized carbons (Fsp3) is 0.250. The number of hydrogen-bond acceptors (Lipinski definition) is 7. The van der Waals surface area contributed by atoms with Gasteiger partial charge < -0.3 is 8.98 Å². The van der Waals surface area contributed by atoms with E-state index in [2.05, 4.69) is 10.1 Å². The van der Waals surface area contributed by atoms with Gasteiger partial charge in [0.25, 0.3) is 11.5 Å². The van der Waals surface area contributed by atoms with Crippen LogP contribution in [0, 0.1) is 0 Å². The van der Waals surface area contributed by atoms with E-state index in [1.54, 1.807) is 23.7 Å². The Hall–Kier alpha value is -3.73. The maximum atomic E-state index is 13.3. The van der Waals surface area contributed by atoms with Gasteiger partial charge in [0.05, 0.1) is 23.2 Å². The van der Waals surface area contributed by atoms with E-state index in [1.807, 2.05) is 23.6 Å². The minimum atomic E-state index is -0.504. The summed E-state index contributed by atoms with van der Waals surface area (Å²) in [4.78, 5) is 43.3. The van der Waals surface area contributed by atoms with Crippen LogP contribution in [0.2, 0.25) is 0 Å². The number of hydrazone groups is 1. The van der Waals surface area contributed by atoms with Crippen LogP contribution in [0.3, 0.4) is 0 Å². The van der Waals surface area contributed by atoms with Crippen LogP contribution in [0.15, 0.2) is 61.3 Å². The summed E-state index contributed by atoms with van der Waals surface area (Å²) >= 11 is 1.56. The summed E-state index contributed by atoms with van der Waals surface area (Å²) in [5, 5.41) is 7.95. The molecule has 0 fully saturated rings. The molecule has 0 aromatic carbocycles. The fourth-order valence-corrected chi connectivity index (χ4v) is 4.49. The first-order valence-corrected chi connectivity index (χ1v) is 10.4. The SMILES string of the molecule is Cn1c(=O)c2c(ncn2CC(=O)N2N=C(c3cccs3)C[C@@H]2c2ccco2)n(C)c1=O. The minimum absolute atomic E-state index is 0.150. The van der Waals surface area contributed by atoms with Gasteiger partial charge in [-0.1, -0.05) is 6.07 Å². The van der Waals surface area contributed by atoms with Gasteiger partial charge in [-0.05, 0) is 23.6 Å². The molecule has 0 N–H and O–H groups in total. The van der Waals surface area contributed by atoms with Crippen LogP contribution in [-0.2, 0) is 25.4 Å². The van der Waals surface area contributed by atoms with Crippen molar-refractivity contribution in [3.05, 3.63) is 73.7 Å². The minimum Gasteiger partial charge on any atom is -0.467 e. The molecule has 4 aromatic rings. The lowest BCUT2D eigenvalue weighted by Crippen LogP contribution is -2.38. The molecule has 5 heterocycles. The van der Waals surface area contributed by atoms with Gasteiger partial charge in [-0.2, -0.15) is 5.10 Å². The number of carbonyl (C=O) groups is 1. The quantitative estimate of drug-likeness (QED) is 0.479. The average molecular weight is 438 g/mol. The van der Waals surface area contributed by atoms with Crippen LogP contribution < -0.4 is 11.2 Å². The third-order valence-corrected chi connectivity index (χ3v) is 6.28. The molecule has 0 bridgehead atoms. The lowest BCUT2D eigenvalue weighted by atomic mass is 10.1. The molecule has 5 rings (SSSR count). The number of fused-ring (bicyclic) bond motifs is 1. The predicted molar refractivity (Wildman–Crippen MR) is 114 cm³/mol. The summed E-state index contributed by atoms with van der Waals surface area (Å²) in [6.07, 6.45) is 3.49. The second-order valence-corrected chi connectivity index (χ2v) is 8.20. The van der Waals surface area contributed by atoms with Crippen molar-refractivity contribution in [2.75, 3.05) is 0 Å². The number of aromatic nitrogens is 4. The number of imidazole rings is 1. The number of thiophene rings is 1. The molecule has 4 aromatic heterocycles. The standard InChI is InChI=1S/C20H18N6O4S/c1-23-18-17(19(28)24(2)20(23)29)25(11-21-18)10-16(27)26-13(14-5-3-7-30-14)9-12(22-26)15-6-4-8-31-15/h3-8,11,13H,9-10H2,1-2H3/t13-/m1/s1. The Labute approximate surface area is 179 Å². The molecule has 0 saturated carbocycles. The molecule has 31 heavy (non-hydrogen) atoms. The molecule has 158 valence electrons. The van der Waals surface area contributed by atoms with Gasteiger partial charge in [0.1, 0.15) is 18.3 Å². The van der Waals surface area contributed by atoms with E-state index < -0.39 is 11.2 Å². The van der Waals surface area contributed by atoms with E-state index in [9.17, 15) is 14.4 Å². The Balaban J connectivity index is 1.53. The zero-order chi connectivity index (χ0) is 21.7. The topological polar surface area (TPSA) is 108 Å². The summed E-state index contributed by atoms with van der Waals surface area (Å²) in [7, 11) is 2.93. The number of nitrogens with zero attached hydrogens (tertiary/aromatic N) is 6. The van der Waals surface area contributed by atoms with E-state index in [4.69, 9.17) is 4.42 Å². The van der Waals surface area contributed by atoms with Gasteiger partial charge in [-0.25, -0.2) is 14.8 Å². The zero-order valence-corrected chi connectivity index (χ0v) is 17.6. The Morgan fingerprint density at radius 3 is 2.77 bits per heavy atom. The highest BCUT2D eigenvalue weighted by Gasteiger charge is 2.35. The van der Waals surface area contributed by atoms with Gasteiger partial charge in [0.2, 0.25) is 0 Å². The number of rotatable bonds is 4. The number of carbonyl (C=O) groups excluding carboxylic acids is 1. The fourth-order valence-electron chi connectivity index (χ4n) is 3.77. The molecular formula is C20H18N6O4S. The molecule has 0 radical (unpaired) electrons. The Morgan fingerprint density at radius 2 is 2.06 bits per heavy atom. The van der Waals surface area contributed by atoms with E-state index in [-0.39, 0.29) is 29.7 Å². The normalized spacial score (nSPS) is 16.3. The van der Waals surface area contributed by atoms with Gasteiger partial charge in [0, 0.05) is 20.5 Å². The van der Waals surface area contributed by atoms with Crippen LogP contribution in [0.4, 0.5) is 0 Å². The maximum absolute atomic E-state index is 13.3. The smallest absolute Gasteiger partial charge is 0.332 e. The summed E-state index contributed by atoms with van der Waals surface area (Å²) in [6, 6.07) is 7.11. The molecule has 10 nitrogen and oxygen atoms in total. The second kappa shape index (κ2) is 7.20. The number of amides is 1. The zero-order valence-electron chi connectivity index (χ0n) is 16.8. The highest BCUT2D eigenvalue weighted by atomic mass is 32.1. The number of aryl methyl sites for hydroxylation is 1. The van der Waals surface area contributed by atoms with E-state index in [0.717, 1.165) is 15.2 Å². The van der Waals surface area contributed by atoms with Crippen molar-refractivity contribution in [3.63, 3.8) is 0 Å². The first-order valence-electron chi connectivity index (χ1n) is 9.53. The van der Waals surface area contributed by atoms with E-state index in [0.29, 0.717) is 12.2 Å². The summed E-state index contributed by atoms with van der Waals surface area (Å²) < 4.78 is 9.30. The first-order chi connectivity index (χ1) is 15.0. The third kappa shape index (κ3) is 3.05. The van der Waals surface area contributed by atoms with Crippen LogP contribution in [0.25, 0.3) is 11.2 Å². The molecule has 11 heteroatoms. The van der Waals surface area contributed by atoms with Gasteiger partial charge in [0.15, 0.2) is 11.2 Å². The van der Waals surface area contributed by atoms with Crippen LogP contribution in [0.5, 0.6) is 0 Å². The van der Waals surface area contributed by atoms with Crippen molar-refractivity contribution < 1.29 is 9.21 Å². The summed E-state index contributed by atoms with van der Waals surface area (Å²) in [6.45, 7) is -0.150. The molecule has 1 aliphatic heterocycles.